The molecule has 0 aromatic rings. The molecule has 16 aliphatic rings. The summed E-state index contributed by atoms with van der Waals surface area (Å²) in [5, 5.41) is 85.9. The number of allylic oxidation sites excluding steroid dienone is 16. The number of esters is 4. The van der Waals surface area contributed by atoms with Gasteiger partial charge in [0.05, 0.1) is 34.2 Å². The van der Waals surface area contributed by atoms with Crippen LogP contribution in [-0.2, 0) is 76.5 Å². The van der Waals surface area contributed by atoms with Gasteiger partial charge in [-0.05, 0) is 280 Å². The van der Waals surface area contributed by atoms with Crippen LogP contribution in [0.3, 0.4) is 0 Å². The number of rotatable bonds is 24. The molecule has 0 heterocycles. The van der Waals surface area contributed by atoms with Crippen LogP contribution in [0.15, 0.2) is 93.2 Å². The highest BCUT2D eigenvalue weighted by atomic mass is 35.5. The maximum Gasteiger partial charge on any atom is 0.306 e. The monoisotopic (exact) mass is 1940 g/mol. The van der Waals surface area contributed by atoms with Gasteiger partial charge in [-0.15, -0.1) is 23.2 Å². The highest BCUT2D eigenvalue weighted by Gasteiger charge is 2.81. The molecule has 12 fully saturated rings. The van der Waals surface area contributed by atoms with E-state index in [2.05, 4.69) is 0 Å². The molecule has 0 aromatic carbocycles. The Morgan fingerprint density at radius 3 is 0.757 bits per heavy atom. The molecule has 0 aliphatic heterocycles. The largest absolute Gasteiger partial charge is 0.450 e. The summed E-state index contributed by atoms with van der Waals surface area (Å²) < 4.78 is 58.6. The van der Waals surface area contributed by atoms with Gasteiger partial charge in [-0.2, -0.15) is 0 Å². The van der Waals surface area contributed by atoms with Crippen LogP contribution >= 0.6 is 23.2 Å². The number of hydrogen-bond acceptors (Lipinski definition) is 24. The normalized spacial score (nSPS) is 43.3. The minimum absolute atomic E-state index is 0.0498. The number of Topliss-reactive ketones (excluding diaryl/α,β-unsaturated/α-hetero) is 4. The van der Waals surface area contributed by atoms with Crippen molar-refractivity contribution in [2.45, 2.75) is 384 Å². The van der Waals surface area contributed by atoms with Crippen molar-refractivity contribution in [2.24, 2.45) is 90.7 Å². The van der Waals surface area contributed by atoms with Crippen LogP contribution in [0, 0.1) is 90.7 Å². The predicted molar refractivity (Wildman–Crippen MR) is 503 cm³/mol. The minimum atomic E-state index is -2.02. The van der Waals surface area contributed by atoms with Gasteiger partial charge < -0.3 is 59.8 Å². The van der Waals surface area contributed by atoms with E-state index in [-0.39, 0.29) is 123 Å². The summed E-state index contributed by atoms with van der Waals surface area (Å²) in [4.78, 5) is 150. The summed E-state index contributed by atoms with van der Waals surface area (Å²) in [6.45, 7) is 27.3. The SMILES string of the molecule is CCCCC(=O)O[C@]1(C(=O)CO)CCC2C3CCC4=CC(=O)C=C(C)[C@]4(C)[C@@]3(Cl)C(O)C[C@@]21C.CCCCC(=O)O[C@]1(C(=O)CO)CCC2C3CCC4=CC(=O)C=C(C)[C@]4(C)[C@@]3(F)C(O)C[C@@]21C.CCCCC(=O)O[C@]1(C(=O)CO)CCC2C3CCC4=CC(=O)C=C(C)[C@]4(C)[C@@]3(F)C(O)C[C@@]21C.CCCCC(=O)O[C@]1(C(=O)CO)CC[C@H]2[C@@H]3CCC4=CC(=O)C=C(C)[C@]4(C)[C@@]3(Cl)C(O)C[C@@]21C. The third-order valence-electron chi connectivity index (χ3n) is 39.6. The second kappa shape index (κ2) is 38.2. The lowest BCUT2D eigenvalue weighted by Gasteiger charge is -2.65. The number of fused-ring (bicyclic) bond motifs is 20. The van der Waals surface area contributed by atoms with Gasteiger partial charge >= 0.3 is 23.9 Å². The fourth-order valence-corrected chi connectivity index (χ4v) is 33.0. The van der Waals surface area contributed by atoms with E-state index in [1.807, 2.05) is 83.1 Å². The summed E-state index contributed by atoms with van der Waals surface area (Å²) in [6.07, 6.45) is 22.3. The van der Waals surface area contributed by atoms with Crippen LogP contribution in [0.1, 0.15) is 316 Å². The van der Waals surface area contributed by atoms with E-state index >= 15 is 8.78 Å². The van der Waals surface area contributed by atoms with Gasteiger partial charge in [-0.25, -0.2) is 8.78 Å². The van der Waals surface area contributed by atoms with E-state index < -0.39 is 196 Å². The quantitative estimate of drug-likeness (QED) is 0.0253. The van der Waals surface area contributed by atoms with Crippen molar-refractivity contribution >= 4 is 93.3 Å². The fraction of sp³-hybridized carbons (Fsp3) is 0.741. The Morgan fingerprint density at radius 2 is 0.529 bits per heavy atom. The summed E-state index contributed by atoms with van der Waals surface area (Å²) >= 11 is 15.0. The molecule has 752 valence electrons. The lowest BCUT2D eigenvalue weighted by atomic mass is 9.43. The molecule has 0 radical (unpaired) electrons. The lowest BCUT2D eigenvalue weighted by Crippen LogP contribution is -2.70. The molecule has 12 saturated carbocycles. The van der Waals surface area contributed by atoms with Crippen LogP contribution in [0.25, 0.3) is 0 Å². The molecule has 28 heteroatoms. The molecule has 16 rings (SSSR count). The molecule has 28 atom stereocenters. The zero-order chi connectivity index (χ0) is 100. The molecule has 16 aliphatic carbocycles. The lowest BCUT2D eigenvalue weighted by molar-refractivity contribution is -0.226. The second-order valence-electron chi connectivity index (χ2n) is 44.8. The molecule has 8 N–H and O–H groups in total. The number of ether oxygens (including phenoxy) is 4. The number of hydrogen-bond donors (Lipinski definition) is 8. The highest BCUT2D eigenvalue weighted by molar-refractivity contribution is 6.27. The van der Waals surface area contributed by atoms with Crippen LogP contribution in [0.4, 0.5) is 8.78 Å². The third-order valence-corrected chi connectivity index (χ3v) is 41.4. The van der Waals surface area contributed by atoms with Crippen molar-refractivity contribution in [3.05, 3.63) is 93.2 Å². The summed E-state index contributed by atoms with van der Waals surface area (Å²) in [5.41, 5.74) is -11.2. The maximum absolute atomic E-state index is 17.4. The zero-order valence-electron chi connectivity index (χ0n) is 82.6. The minimum Gasteiger partial charge on any atom is -0.450 e. The van der Waals surface area contributed by atoms with E-state index in [1.54, 1.807) is 52.0 Å². The van der Waals surface area contributed by atoms with Crippen molar-refractivity contribution in [1.82, 2.24) is 0 Å². The van der Waals surface area contributed by atoms with Gasteiger partial charge in [0.15, 0.2) is 56.9 Å². The second-order valence-corrected chi connectivity index (χ2v) is 46.1. The average Bonchev–Trinajstić information content (AvgIpc) is 1.43. The van der Waals surface area contributed by atoms with E-state index in [4.69, 9.17) is 42.1 Å². The Hall–Kier alpha value is -6.72. The molecule has 0 bridgehead atoms. The van der Waals surface area contributed by atoms with Gasteiger partial charge in [-0.1, -0.05) is 140 Å². The van der Waals surface area contributed by atoms with Gasteiger partial charge in [0, 0.05) is 80.8 Å². The van der Waals surface area contributed by atoms with Gasteiger partial charge in [-0.3, -0.25) is 57.5 Å². The zero-order valence-corrected chi connectivity index (χ0v) is 84.1. The highest BCUT2D eigenvalue weighted by Crippen LogP contribution is 2.78. The van der Waals surface area contributed by atoms with Crippen molar-refractivity contribution in [3.8, 4) is 0 Å². The fourth-order valence-electron chi connectivity index (χ4n) is 31.8. The first-order valence-electron chi connectivity index (χ1n) is 50.4. The summed E-state index contributed by atoms with van der Waals surface area (Å²) in [5.74, 6) is -6.70. The molecule has 0 spiro atoms. The standard InChI is InChI=1S/2C27H37ClO6.2C27H37FO6/c4*1-5-6-7-23(33)34-26(22(32)15-29)11-10-19-20-9-8-17-13-18(30)12-16(2)25(17,4)27(20,28)21(31)14-24(19,26)3/h4*12-13,19-21,29,31H,5-11,14-15H2,1-4H3/t19?,20?,21?,24-,25-,26-,27-;19-,20-,21?,24-,25-,26-,27-;2*19?,20?,21?,24-,25-,26-,27-/m0000/s1. The number of alkyl halides is 4. The summed E-state index contributed by atoms with van der Waals surface area (Å²) in [6, 6.07) is 0. The number of aliphatic hydroxyl groups excluding tert-OH is 8. The number of carbonyl (C=O) groups is 12. The van der Waals surface area contributed by atoms with Crippen molar-refractivity contribution in [1.29, 1.82) is 0 Å². The molecule has 0 amide bonds. The molecular formula is C108H148Cl2F2O24. The van der Waals surface area contributed by atoms with Crippen molar-refractivity contribution in [3.63, 3.8) is 0 Å². The van der Waals surface area contributed by atoms with E-state index in [1.165, 1.54) is 24.3 Å². The number of unbranched alkanes of at least 4 members (excludes halogenated alkanes) is 4. The Morgan fingerprint density at radius 1 is 0.324 bits per heavy atom. The number of ketones is 8. The Balaban J connectivity index is 0.000000153. The van der Waals surface area contributed by atoms with Crippen molar-refractivity contribution in [2.75, 3.05) is 26.4 Å². The topological polar surface area (TPSA) is 404 Å². The van der Waals surface area contributed by atoms with Gasteiger partial charge in [0.2, 0.25) is 23.1 Å². The van der Waals surface area contributed by atoms with E-state index in [9.17, 15) is 98.4 Å². The van der Waals surface area contributed by atoms with Crippen LogP contribution in [-0.4, -0.2) is 205 Å². The molecule has 24 nitrogen and oxygen atoms in total. The molecule has 0 saturated heterocycles. The van der Waals surface area contributed by atoms with Gasteiger partial charge in [0.25, 0.3) is 0 Å². The van der Waals surface area contributed by atoms with Crippen LogP contribution in [0.2, 0.25) is 0 Å². The Labute approximate surface area is 809 Å². The summed E-state index contributed by atoms with van der Waals surface area (Å²) in [7, 11) is 0. The van der Waals surface area contributed by atoms with E-state index in [0.29, 0.717) is 138 Å². The first-order valence-corrected chi connectivity index (χ1v) is 51.1. The third kappa shape index (κ3) is 15.2. The Bertz CT molecular complexity index is 4500. The first kappa shape index (κ1) is 107. The van der Waals surface area contributed by atoms with Gasteiger partial charge in [0.1, 0.15) is 26.4 Å². The molecule has 0 aromatic heterocycles. The molecular weight excluding hydrogens is 1790 g/mol. The smallest absolute Gasteiger partial charge is 0.306 e. The van der Waals surface area contributed by atoms with Crippen LogP contribution in [0.5, 0.6) is 0 Å². The average molecular weight is 1940 g/mol. The number of aliphatic hydroxyl groups is 8. The number of carbonyl (C=O) groups excluding carboxylic acids is 12. The first-order chi connectivity index (χ1) is 63.7. The van der Waals surface area contributed by atoms with E-state index in [0.717, 1.165) is 48.0 Å². The molecule has 10 unspecified atom stereocenters. The van der Waals surface area contributed by atoms with Crippen LogP contribution < -0.4 is 0 Å². The number of halogens is 4. The maximum atomic E-state index is 17.4. The van der Waals surface area contributed by atoms with Crippen molar-refractivity contribution < 1.29 is 126 Å². The predicted octanol–water partition coefficient (Wildman–Crippen LogP) is 15.7. The molecule has 136 heavy (non-hydrogen) atoms. The Kier molecular flexibility index (Phi) is 29.9.